The molecule has 5 N–H and O–H groups in total. The van der Waals surface area contributed by atoms with E-state index in [2.05, 4.69) is 27.3 Å². The summed E-state index contributed by atoms with van der Waals surface area (Å²) < 4.78 is 1.51. The number of likely N-dealkylation sites (tertiary alicyclic amines) is 1. The molecule has 3 heterocycles. The average molecular weight is 535 g/mol. The summed E-state index contributed by atoms with van der Waals surface area (Å²) in [6.45, 7) is 7.21. The largest absolute Gasteiger partial charge is 0.354 e. The number of nitrogens with two attached hydrogens (primary N) is 2. The SMILES string of the molecule is CC(C)(N)C(=O)N1CCN(C(=O)Nc2ccn(-c3ccc4c(c3)CCC(N3C[C@@H]5[C@@H](N)[C@@H]5C3)C4)c(=O)n2)CC1. The van der Waals surface area contributed by atoms with Crippen LogP contribution in [-0.2, 0) is 17.6 Å². The van der Waals surface area contributed by atoms with Crippen LogP contribution in [0.5, 0.6) is 0 Å². The molecule has 11 nitrogen and oxygen atoms in total. The van der Waals surface area contributed by atoms with E-state index in [1.807, 2.05) is 6.07 Å². The number of hydrogen-bond donors (Lipinski definition) is 3. The Morgan fingerprint density at radius 3 is 2.38 bits per heavy atom. The molecule has 3 fully saturated rings. The Kier molecular flexibility index (Phi) is 6.47. The number of hydrogen-bond acceptors (Lipinski definition) is 7. The van der Waals surface area contributed by atoms with Crippen molar-refractivity contribution in [3.05, 3.63) is 52.1 Å². The van der Waals surface area contributed by atoms with Crippen molar-refractivity contribution in [3.63, 3.8) is 0 Å². The number of benzene rings is 1. The fraction of sp³-hybridized carbons (Fsp3) is 0.571. The minimum atomic E-state index is -0.943. The van der Waals surface area contributed by atoms with Crippen molar-refractivity contribution in [2.24, 2.45) is 23.3 Å². The summed E-state index contributed by atoms with van der Waals surface area (Å²) >= 11 is 0. The molecule has 0 radical (unpaired) electrons. The van der Waals surface area contributed by atoms with E-state index in [1.54, 1.807) is 35.9 Å². The topological polar surface area (TPSA) is 143 Å². The molecule has 4 aliphatic rings. The first-order chi connectivity index (χ1) is 18.6. The van der Waals surface area contributed by atoms with Gasteiger partial charge in [0.25, 0.3) is 0 Å². The maximum Gasteiger partial charge on any atom is 0.354 e. The molecule has 1 saturated carbocycles. The fourth-order valence-electron chi connectivity index (χ4n) is 6.46. The molecule has 0 spiro atoms. The molecule has 2 aliphatic carbocycles. The van der Waals surface area contributed by atoms with Gasteiger partial charge in [0.15, 0.2) is 0 Å². The first kappa shape index (κ1) is 26.0. The second-order valence-electron chi connectivity index (χ2n) is 12.1. The van der Waals surface area contributed by atoms with Crippen molar-refractivity contribution >= 4 is 17.8 Å². The Bertz CT molecular complexity index is 1330. The molecule has 3 amide bonds. The number of carbonyl (C=O) groups is 2. The maximum absolute atomic E-state index is 12.9. The van der Waals surface area contributed by atoms with Gasteiger partial charge in [-0.05, 0) is 74.3 Å². The van der Waals surface area contributed by atoms with Crippen LogP contribution in [0.1, 0.15) is 31.4 Å². The molecular formula is C28H38N8O3. The summed E-state index contributed by atoms with van der Waals surface area (Å²) in [6.07, 6.45) is 4.80. The molecular weight excluding hydrogens is 496 g/mol. The predicted molar refractivity (Wildman–Crippen MR) is 148 cm³/mol. The molecule has 1 aromatic carbocycles. The third-order valence-corrected chi connectivity index (χ3v) is 8.92. The van der Waals surface area contributed by atoms with E-state index in [0.29, 0.717) is 50.1 Å². The Morgan fingerprint density at radius 1 is 1.03 bits per heavy atom. The highest BCUT2D eigenvalue weighted by Crippen LogP contribution is 2.45. The van der Waals surface area contributed by atoms with Gasteiger partial charge in [-0.15, -0.1) is 0 Å². The van der Waals surface area contributed by atoms with Gasteiger partial charge in [0, 0.05) is 57.5 Å². The third-order valence-electron chi connectivity index (χ3n) is 8.92. The van der Waals surface area contributed by atoms with Crippen LogP contribution in [0, 0.1) is 11.8 Å². The molecule has 2 aromatic rings. The molecule has 11 heteroatoms. The van der Waals surface area contributed by atoms with Crippen molar-refractivity contribution in [1.82, 2.24) is 24.3 Å². The second kappa shape index (κ2) is 9.72. The van der Waals surface area contributed by atoms with Gasteiger partial charge in [-0.2, -0.15) is 4.98 Å². The van der Waals surface area contributed by atoms with E-state index < -0.39 is 11.2 Å². The average Bonchev–Trinajstić information content (AvgIpc) is 3.30. The number of fused-ring (bicyclic) bond motifs is 2. The van der Waals surface area contributed by atoms with Crippen molar-refractivity contribution in [2.75, 3.05) is 44.6 Å². The molecule has 2 aliphatic heterocycles. The van der Waals surface area contributed by atoms with Crippen LogP contribution in [0.15, 0.2) is 35.3 Å². The summed E-state index contributed by atoms with van der Waals surface area (Å²) in [4.78, 5) is 48.0. The third kappa shape index (κ3) is 5.06. The van der Waals surface area contributed by atoms with Crippen LogP contribution in [0.4, 0.5) is 10.6 Å². The van der Waals surface area contributed by atoms with Crippen LogP contribution in [-0.4, -0.2) is 93.1 Å². The van der Waals surface area contributed by atoms with E-state index in [9.17, 15) is 14.4 Å². The lowest BCUT2D eigenvalue weighted by Gasteiger charge is -2.37. The Morgan fingerprint density at radius 2 is 1.72 bits per heavy atom. The first-order valence-corrected chi connectivity index (χ1v) is 13.9. The summed E-state index contributed by atoms with van der Waals surface area (Å²) in [5.41, 5.74) is 14.1. The van der Waals surface area contributed by atoms with E-state index in [-0.39, 0.29) is 17.8 Å². The number of rotatable bonds is 4. The lowest BCUT2D eigenvalue weighted by molar-refractivity contribution is -0.137. The molecule has 1 unspecified atom stereocenters. The minimum Gasteiger partial charge on any atom is -0.338 e. The van der Waals surface area contributed by atoms with Crippen LogP contribution in [0.25, 0.3) is 5.69 Å². The number of nitrogens with one attached hydrogen (secondary N) is 1. The maximum atomic E-state index is 12.9. The number of aryl methyl sites for hydroxylation is 1. The lowest BCUT2D eigenvalue weighted by Crippen LogP contribution is -2.58. The molecule has 2 saturated heterocycles. The van der Waals surface area contributed by atoms with E-state index in [4.69, 9.17) is 11.5 Å². The Balaban J connectivity index is 1.06. The highest BCUT2D eigenvalue weighted by molar-refractivity contribution is 5.89. The van der Waals surface area contributed by atoms with Crippen LogP contribution in [0.2, 0.25) is 0 Å². The molecule has 39 heavy (non-hydrogen) atoms. The predicted octanol–water partition coefficient (Wildman–Crippen LogP) is 0.392. The van der Waals surface area contributed by atoms with Crippen molar-refractivity contribution in [2.45, 2.75) is 50.7 Å². The Hall–Kier alpha value is -3.28. The number of aromatic nitrogens is 2. The van der Waals surface area contributed by atoms with Gasteiger partial charge in [0.05, 0.1) is 11.2 Å². The number of piperidine rings is 1. The van der Waals surface area contributed by atoms with Gasteiger partial charge in [-0.3, -0.25) is 19.6 Å². The zero-order valence-corrected chi connectivity index (χ0v) is 22.7. The normalized spacial score (nSPS) is 26.7. The first-order valence-electron chi connectivity index (χ1n) is 13.9. The second-order valence-corrected chi connectivity index (χ2v) is 12.1. The van der Waals surface area contributed by atoms with Gasteiger partial charge in [-0.1, -0.05) is 6.07 Å². The summed E-state index contributed by atoms with van der Waals surface area (Å²) in [7, 11) is 0. The van der Waals surface area contributed by atoms with E-state index >= 15 is 0 Å². The molecule has 4 atom stereocenters. The van der Waals surface area contributed by atoms with Gasteiger partial charge >= 0.3 is 11.7 Å². The van der Waals surface area contributed by atoms with Crippen molar-refractivity contribution in [3.8, 4) is 5.69 Å². The van der Waals surface area contributed by atoms with Gasteiger partial charge in [0.1, 0.15) is 5.82 Å². The van der Waals surface area contributed by atoms with Crippen molar-refractivity contribution in [1.29, 1.82) is 0 Å². The van der Waals surface area contributed by atoms with Crippen LogP contribution in [0.3, 0.4) is 0 Å². The van der Waals surface area contributed by atoms with E-state index in [1.165, 1.54) is 15.7 Å². The van der Waals surface area contributed by atoms with Crippen molar-refractivity contribution < 1.29 is 9.59 Å². The molecule has 0 bridgehead atoms. The van der Waals surface area contributed by atoms with Crippen LogP contribution < -0.4 is 22.5 Å². The highest BCUT2D eigenvalue weighted by atomic mass is 16.2. The standard InChI is InChI=1S/C28H38N8O3/c1-28(2,30)25(37)33-9-11-34(12-10-33)26(38)31-23-7-8-36(27(39)32-23)20-6-4-17-13-19(5-3-18(17)14-20)35-15-21-22(16-35)24(21)29/h4,6-8,14,19,21-22,24H,3,5,9-13,15-16,29-30H2,1-2H3,(H,31,32,38,39)/t19?,21-,22+,24+. The lowest BCUT2D eigenvalue weighted by atomic mass is 9.87. The zero-order valence-electron chi connectivity index (χ0n) is 22.7. The summed E-state index contributed by atoms with van der Waals surface area (Å²) in [5.74, 6) is 1.46. The van der Waals surface area contributed by atoms with Gasteiger partial charge in [0.2, 0.25) is 5.91 Å². The highest BCUT2D eigenvalue weighted by Gasteiger charge is 2.54. The summed E-state index contributed by atoms with van der Waals surface area (Å²) in [5, 5.41) is 2.72. The monoisotopic (exact) mass is 534 g/mol. The van der Waals surface area contributed by atoms with Gasteiger partial charge < -0.3 is 21.3 Å². The number of amides is 3. The fourth-order valence-corrected chi connectivity index (χ4v) is 6.46. The Labute approximate surface area is 228 Å². The number of anilines is 1. The number of piperazine rings is 1. The van der Waals surface area contributed by atoms with Gasteiger partial charge in [-0.25, -0.2) is 9.59 Å². The van der Waals surface area contributed by atoms with Crippen LogP contribution >= 0.6 is 0 Å². The molecule has 1 aromatic heterocycles. The number of nitrogens with zero attached hydrogens (tertiary/aromatic N) is 5. The number of carbonyl (C=O) groups excluding carboxylic acids is 2. The quantitative estimate of drug-likeness (QED) is 0.515. The molecule has 208 valence electrons. The zero-order chi connectivity index (χ0) is 27.5. The number of urea groups is 1. The smallest absolute Gasteiger partial charge is 0.338 e. The minimum absolute atomic E-state index is 0.136. The molecule has 6 rings (SSSR count). The van der Waals surface area contributed by atoms with E-state index in [0.717, 1.165) is 38.0 Å². The summed E-state index contributed by atoms with van der Waals surface area (Å²) in [6, 6.07) is 8.48.